The SMILES string of the molecule is CN1C[C@H](CO)C[C@H]2c3cccc4[nH]cc(c34)C[C@H]21. The number of fused-ring (bicyclic) bond motifs is 2. The molecule has 1 aliphatic carbocycles. The summed E-state index contributed by atoms with van der Waals surface area (Å²) in [5.74, 6) is 0.991. The van der Waals surface area contributed by atoms with E-state index in [-0.39, 0.29) is 0 Å². The highest BCUT2D eigenvalue weighted by Crippen LogP contribution is 2.44. The zero-order chi connectivity index (χ0) is 13.0. The van der Waals surface area contributed by atoms with Crippen molar-refractivity contribution < 1.29 is 5.11 Å². The number of piperidine rings is 1. The summed E-state index contributed by atoms with van der Waals surface area (Å²) in [6, 6.07) is 7.20. The number of benzene rings is 1. The maximum atomic E-state index is 9.52. The molecule has 1 saturated heterocycles. The molecule has 2 aliphatic rings. The first-order valence-corrected chi connectivity index (χ1v) is 7.18. The number of aromatic nitrogens is 1. The van der Waals surface area contributed by atoms with Gasteiger partial charge in [-0.3, -0.25) is 0 Å². The molecule has 4 rings (SSSR count). The highest BCUT2D eigenvalue weighted by atomic mass is 16.3. The number of likely N-dealkylation sites (N-methyl/N-ethyl adjacent to an activating group) is 1. The van der Waals surface area contributed by atoms with Gasteiger partial charge in [0.25, 0.3) is 0 Å². The normalized spacial score (nSPS) is 30.5. The quantitative estimate of drug-likeness (QED) is 0.820. The van der Waals surface area contributed by atoms with Gasteiger partial charge in [0.1, 0.15) is 0 Å². The van der Waals surface area contributed by atoms with E-state index in [1.54, 1.807) is 0 Å². The molecule has 2 aromatic rings. The lowest BCUT2D eigenvalue weighted by atomic mass is 9.72. The Labute approximate surface area is 113 Å². The van der Waals surface area contributed by atoms with Gasteiger partial charge >= 0.3 is 0 Å². The monoisotopic (exact) mass is 256 g/mol. The van der Waals surface area contributed by atoms with E-state index in [0.717, 1.165) is 19.4 Å². The molecule has 1 aromatic carbocycles. The largest absolute Gasteiger partial charge is 0.396 e. The zero-order valence-electron chi connectivity index (χ0n) is 11.3. The van der Waals surface area contributed by atoms with Gasteiger partial charge in [0.2, 0.25) is 0 Å². The summed E-state index contributed by atoms with van der Waals surface area (Å²) in [6.07, 6.45) is 4.43. The minimum absolute atomic E-state index is 0.309. The van der Waals surface area contributed by atoms with Crippen LogP contribution in [0.15, 0.2) is 24.4 Å². The van der Waals surface area contributed by atoms with Crippen molar-refractivity contribution in [3.05, 3.63) is 35.5 Å². The molecular weight excluding hydrogens is 236 g/mol. The minimum Gasteiger partial charge on any atom is -0.396 e. The van der Waals surface area contributed by atoms with Crippen LogP contribution in [0.3, 0.4) is 0 Å². The fraction of sp³-hybridized carbons (Fsp3) is 0.500. The third-order valence-electron chi connectivity index (χ3n) is 5.07. The predicted octanol–water partition coefficient (Wildman–Crippen LogP) is 2.12. The molecule has 1 aliphatic heterocycles. The summed E-state index contributed by atoms with van der Waals surface area (Å²) in [7, 11) is 2.21. The van der Waals surface area contributed by atoms with Gasteiger partial charge in [-0.15, -0.1) is 0 Å². The Kier molecular flexibility index (Phi) is 2.47. The summed E-state index contributed by atoms with van der Waals surface area (Å²) in [5.41, 5.74) is 4.20. The lowest BCUT2D eigenvalue weighted by Gasteiger charge is -2.45. The standard InChI is InChI=1S/C16H20N2O/c1-18-8-10(9-19)5-13-12-3-2-4-14-16(12)11(7-17-14)6-15(13)18/h2-4,7,10,13,15,17,19H,5-6,8-9H2,1H3/t10-,13+,15-/m1/s1. The van der Waals surface area contributed by atoms with Crippen molar-refractivity contribution in [3.8, 4) is 0 Å². The molecule has 0 radical (unpaired) electrons. The number of likely N-dealkylation sites (tertiary alicyclic amines) is 1. The highest BCUT2D eigenvalue weighted by Gasteiger charge is 2.38. The first-order chi connectivity index (χ1) is 9.28. The van der Waals surface area contributed by atoms with Gasteiger partial charge in [0.05, 0.1) is 0 Å². The van der Waals surface area contributed by atoms with Crippen LogP contribution in [0.4, 0.5) is 0 Å². The lowest BCUT2D eigenvalue weighted by Crippen LogP contribution is -2.48. The Morgan fingerprint density at radius 1 is 1.42 bits per heavy atom. The van der Waals surface area contributed by atoms with Gasteiger partial charge in [0.15, 0.2) is 0 Å². The van der Waals surface area contributed by atoms with Crippen LogP contribution in [-0.4, -0.2) is 41.2 Å². The van der Waals surface area contributed by atoms with Gasteiger partial charge in [-0.05, 0) is 43.0 Å². The van der Waals surface area contributed by atoms with Crippen LogP contribution in [0.1, 0.15) is 23.5 Å². The fourth-order valence-corrected chi connectivity index (χ4v) is 4.19. The summed E-state index contributed by atoms with van der Waals surface area (Å²) >= 11 is 0. The third-order valence-corrected chi connectivity index (χ3v) is 5.07. The van der Waals surface area contributed by atoms with Crippen molar-refractivity contribution in [2.45, 2.75) is 24.8 Å². The van der Waals surface area contributed by atoms with Crippen molar-refractivity contribution in [2.24, 2.45) is 5.92 Å². The number of nitrogens with zero attached hydrogens (tertiary/aromatic N) is 1. The summed E-state index contributed by atoms with van der Waals surface area (Å²) < 4.78 is 0. The maximum absolute atomic E-state index is 9.52. The molecule has 1 fully saturated rings. The van der Waals surface area contributed by atoms with Crippen molar-refractivity contribution in [3.63, 3.8) is 0 Å². The average Bonchev–Trinajstić information content (AvgIpc) is 2.85. The third kappa shape index (κ3) is 1.58. The van der Waals surface area contributed by atoms with E-state index < -0.39 is 0 Å². The van der Waals surface area contributed by atoms with Gasteiger partial charge in [-0.25, -0.2) is 0 Å². The van der Waals surface area contributed by atoms with Crippen LogP contribution in [0.25, 0.3) is 10.9 Å². The molecule has 3 nitrogen and oxygen atoms in total. The number of aromatic amines is 1. The number of nitrogens with one attached hydrogen (secondary N) is 1. The van der Waals surface area contributed by atoms with Crippen LogP contribution < -0.4 is 0 Å². The first-order valence-electron chi connectivity index (χ1n) is 7.18. The van der Waals surface area contributed by atoms with Gasteiger partial charge in [0, 0.05) is 42.2 Å². The summed E-state index contributed by atoms with van der Waals surface area (Å²) in [6.45, 7) is 1.33. The molecule has 0 amide bonds. The molecule has 2 N–H and O–H groups in total. The fourth-order valence-electron chi connectivity index (χ4n) is 4.19. The molecule has 0 saturated carbocycles. The van der Waals surface area contributed by atoms with Gasteiger partial charge in [-0.2, -0.15) is 0 Å². The predicted molar refractivity (Wildman–Crippen MR) is 76.4 cm³/mol. The van der Waals surface area contributed by atoms with Crippen molar-refractivity contribution in [1.29, 1.82) is 0 Å². The van der Waals surface area contributed by atoms with E-state index in [4.69, 9.17) is 0 Å². The summed E-state index contributed by atoms with van der Waals surface area (Å²) in [5, 5.41) is 11.0. The topological polar surface area (TPSA) is 39.3 Å². The lowest BCUT2D eigenvalue weighted by molar-refractivity contribution is 0.0772. The van der Waals surface area contributed by atoms with Crippen LogP contribution in [0, 0.1) is 5.92 Å². The minimum atomic E-state index is 0.309. The second-order valence-electron chi connectivity index (χ2n) is 6.19. The van der Waals surface area contributed by atoms with E-state index in [0.29, 0.717) is 24.5 Å². The Hall–Kier alpha value is -1.32. The van der Waals surface area contributed by atoms with E-state index in [1.807, 2.05) is 0 Å². The molecule has 0 unspecified atom stereocenters. The van der Waals surface area contributed by atoms with Crippen molar-refractivity contribution in [2.75, 3.05) is 20.2 Å². The smallest absolute Gasteiger partial charge is 0.0471 e. The van der Waals surface area contributed by atoms with Gasteiger partial charge in [-0.1, -0.05) is 12.1 Å². The van der Waals surface area contributed by atoms with E-state index >= 15 is 0 Å². The maximum Gasteiger partial charge on any atom is 0.0471 e. The second kappa shape index (κ2) is 4.09. The van der Waals surface area contributed by atoms with Gasteiger partial charge < -0.3 is 15.0 Å². The average molecular weight is 256 g/mol. The molecule has 3 heteroatoms. The molecule has 19 heavy (non-hydrogen) atoms. The molecule has 1 aromatic heterocycles. The van der Waals surface area contributed by atoms with E-state index in [9.17, 15) is 5.11 Å². The number of aliphatic hydroxyl groups excluding tert-OH is 1. The van der Waals surface area contributed by atoms with E-state index in [2.05, 4.69) is 41.3 Å². The Morgan fingerprint density at radius 2 is 2.32 bits per heavy atom. The molecule has 2 heterocycles. The Morgan fingerprint density at radius 3 is 3.16 bits per heavy atom. The molecular formula is C16H20N2O. The van der Waals surface area contributed by atoms with E-state index in [1.165, 1.54) is 22.0 Å². The molecule has 0 spiro atoms. The summed E-state index contributed by atoms with van der Waals surface area (Å²) in [4.78, 5) is 5.85. The Bertz CT molecular complexity index is 618. The number of rotatable bonds is 1. The second-order valence-corrected chi connectivity index (χ2v) is 6.19. The molecule has 3 atom stereocenters. The van der Waals surface area contributed by atoms with Crippen LogP contribution in [0.5, 0.6) is 0 Å². The van der Waals surface area contributed by atoms with Crippen LogP contribution in [-0.2, 0) is 6.42 Å². The molecule has 0 bridgehead atoms. The zero-order valence-corrected chi connectivity index (χ0v) is 11.3. The number of H-pyrrole nitrogens is 1. The Balaban J connectivity index is 1.86. The van der Waals surface area contributed by atoms with Crippen LogP contribution >= 0.6 is 0 Å². The molecule has 100 valence electrons. The van der Waals surface area contributed by atoms with Crippen molar-refractivity contribution in [1.82, 2.24) is 9.88 Å². The first kappa shape index (κ1) is 11.5. The van der Waals surface area contributed by atoms with Crippen molar-refractivity contribution >= 4 is 10.9 Å². The number of aliphatic hydroxyl groups is 1. The number of hydrogen-bond donors (Lipinski definition) is 2. The number of hydrogen-bond acceptors (Lipinski definition) is 2. The van der Waals surface area contributed by atoms with Crippen LogP contribution in [0.2, 0.25) is 0 Å². The highest BCUT2D eigenvalue weighted by molar-refractivity contribution is 5.88.